The van der Waals surface area contributed by atoms with Crippen LogP contribution in [0.5, 0.6) is 0 Å². The van der Waals surface area contributed by atoms with Gasteiger partial charge in [-0.05, 0) is 31.2 Å². The first-order chi connectivity index (χ1) is 9.54. The first-order valence-corrected chi connectivity index (χ1v) is 8.13. The Morgan fingerprint density at radius 2 is 1.70 bits per heavy atom. The number of halogens is 2. The lowest BCUT2D eigenvalue weighted by atomic mass is 9.76. The van der Waals surface area contributed by atoms with Gasteiger partial charge in [-0.25, -0.2) is 4.98 Å². The molecule has 0 radical (unpaired) electrons. The molecule has 0 amide bonds. The Hall–Kier alpha value is -0.670. The van der Waals surface area contributed by atoms with E-state index in [0.717, 1.165) is 18.9 Å². The van der Waals surface area contributed by atoms with Crippen LogP contribution >= 0.6 is 23.2 Å². The van der Waals surface area contributed by atoms with Crippen molar-refractivity contribution in [1.29, 1.82) is 0 Å². The number of rotatable bonds is 5. The van der Waals surface area contributed by atoms with Gasteiger partial charge in [0.15, 0.2) is 0 Å². The molecule has 3 nitrogen and oxygen atoms in total. The molecule has 0 spiro atoms. The van der Waals surface area contributed by atoms with Gasteiger partial charge < -0.3 is 10.6 Å². The average Bonchev–Trinajstić information content (AvgIpc) is 2.41. The van der Waals surface area contributed by atoms with Gasteiger partial charge in [0, 0.05) is 13.1 Å². The van der Waals surface area contributed by atoms with E-state index in [4.69, 9.17) is 23.2 Å². The Kier molecular flexibility index (Phi) is 5.39. The predicted octanol–water partition coefficient (Wildman–Crippen LogP) is 5.20. The van der Waals surface area contributed by atoms with Gasteiger partial charge in [0.2, 0.25) is 0 Å². The molecule has 20 heavy (non-hydrogen) atoms. The predicted molar refractivity (Wildman–Crippen MR) is 88.1 cm³/mol. The molecule has 0 bridgehead atoms. The molecule has 1 aromatic rings. The van der Waals surface area contributed by atoms with Crippen molar-refractivity contribution in [2.75, 3.05) is 23.7 Å². The van der Waals surface area contributed by atoms with Crippen LogP contribution < -0.4 is 10.6 Å². The average molecular weight is 316 g/mol. The fourth-order valence-electron chi connectivity index (χ4n) is 2.76. The highest BCUT2D eigenvalue weighted by atomic mass is 35.5. The maximum absolute atomic E-state index is 6.23. The van der Waals surface area contributed by atoms with E-state index in [-0.39, 0.29) is 0 Å². The molecule has 0 saturated heterocycles. The van der Waals surface area contributed by atoms with Crippen molar-refractivity contribution in [3.05, 3.63) is 16.1 Å². The molecule has 1 heterocycles. The minimum atomic E-state index is 0.348. The fraction of sp³-hybridized carbons (Fsp3) is 0.667. The van der Waals surface area contributed by atoms with Gasteiger partial charge in [-0.15, -0.1) is 0 Å². The summed E-state index contributed by atoms with van der Waals surface area (Å²) in [6.07, 6.45) is 6.54. The Bertz CT molecular complexity index is 457. The topological polar surface area (TPSA) is 37.0 Å². The lowest BCUT2D eigenvalue weighted by molar-refractivity contribution is 0.233. The third-order valence-electron chi connectivity index (χ3n) is 4.02. The second-order valence-electron chi connectivity index (χ2n) is 5.90. The van der Waals surface area contributed by atoms with E-state index in [1.165, 1.54) is 32.1 Å². The third kappa shape index (κ3) is 3.92. The summed E-state index contributed by atoms with van der Waals surface area (Å²) < 4.78 is 0. The summed E-state index contributed by atoms with van der Waals surface area (Å²) in [6, 6.07) is 1.75. The molecule has 0 atom stereocenters. The summed E-state index contributed by atoms with van der Waals surface area (Å²) >= 11 is 12.3. The van der Waals surface area contributed by atoms with Crippen molar-refractivity contribution in [1.82, 2.24) is 4.98 Å². The molecule has 2 rings (SSSR count). The number of pyridine rings is 1. The number of nitrogens with one attached hydrogen (secondary N) is 2. The highest BCUT2D eigenvalue weighted by molar-refractivity contribution is 6.37. The maximum Gasteiger partial charge on any atom is 0.147 e. The third-order valence-corrected chi connectivity index (χ3v) is 4.59. The minimum absolute atomic E-state index is 0.348. The molecule has 0 aliphatic heterocycles. The van der Waals surface area contributed by atoms with Crippen molar-refractivity contribution >= 4 is 34.8 Å². The van der Waals surface area contributed by atoms with Gasteiger partial charge in [0.25, 0.3) is 0 Å². The van der Waals surface area contributed by atoms with Crippen LogP contribution in [-0.4, -0.2) is 18.1 Å². The normalized spacial score (nSPS) is 17.8. The number of anilines is 2. The molecule has 1 aliphatic rings. The van der Waals surface area contributed by atoms with Crippen molar-refractivity contribution in [2.45, 2.75) is 46.0 Å². The Labute approximate surface area is 131 Å². The summed E-state index contributed by atoms with van der Waals surface area (Å²) in [5.74, 6) is 1.41. The summed E-state index contributed by atoms with van der Waals surface area (Å²) in [5, 5.41) is 7.70. The van der Waals surface area contributed by atoms with E-state index in [1.807, 2.05) is 6.92 Å². The van der Waals surface area contributed by atoms with Crippen molar-refractivity contribution in [2.24, 2.45) is 5.41 Å². The molecule has 5 heteroatoms. The molecule has 0 aromatic carbocycles. The molecular formula is C15H23Cl2N3. The number of nitrogens with zero attached hydrogens (tertiary/aromatic N) is 1. The highest BCUT2D eigenvalue weighted by Crippen LogP contribution is 2.36. The van der Waals surface area contributed by atoms with Crippen LogP contribution in [0, 0.1) is 5.41 Å². The van der Waals surface area contributed by atoms with Crippen LogP contribution in [0.2, 0.25) is 10.0 Å². The van der Waals surface area contributed by atoms with E-state index in [9.17, 15) is 0 Å². The Morgan fingerprint density at radius 3 is 2.30 bits per heavy atom. The van der Waals surface area contributed by atoms with Gasteiger partial charge in [-0.3, -0.25) is 0 Å². The van der Waals surface area contributed by atoms with E-state index < -0.39 is 0 Å². The van der Waals surface area contributed by atoms with Crippen LogP contribution in [0.3, 0.4) is 0 Å². The van der Waals surface area contributed by atoms with Gasteiger partial charge in [-0.2, -0.15) is 0 Å². The molecule has 1 aliphatic carbocycles. The van der Waals surface area contributed by atoms with E-state index in [1.54, 1.807) is 6.07 Å². The first-order valence-electron chi connectivity index (χ1n) is 7.38. The van der Waals surface area contributed by atoms with E-state index in [0.29, 0.717) is 21.3 Å². The maximum atomic E-state index is 6.23. The van der Waals surface area contributed by atoms with Crippen LogP contribution in [0.4, 0.5) is 11.6 Å². The van der Waals surface area contributed by atoms with Crippen LogP contribution in [0.1, 0.15) is 46.0 Å². The lowest BCUT2D eigenvalue weighted by Gasteiger charge is -2.34. The summed E-state index contributed by atoms with van der Waals surface area (Å²) in [6.45, 7) is 6.05. The molecule has 112 valence electrons. The SMILES string of the molecule is CCNc1nc(NCC2(C)CCCCC2)c(Cl)cc1Cl. The summed E-state index contributed by atoms with van der Waals surface area (Å²) in [5.41, 5.74) is 0.348. The fourth-order valence-corrected chi connectivity index (χ4v) is 3.25. The van der Waals surface area contributed by atoms with Crippen LogP contribution in [0.15, 0.2) is 6.07 Å². The molecule has 1 fully saturated rings. The molecule has 2 N–H and O–H groups in total. The minimum Gasteiger partial charge on any atom is -0.369 e. The molecule has 0 unspecified atom stereocenters. The standard InChI is InChI=1S/C15H23Cl2N3/c1-3-18-13-11(16)9-12(17)14(20-13)19-10-15(2)7-5-4-6-8-15/h9H,3-8,10H2,1-2H3,(H2,18,19,20). The summed E-state index contributed by atoms with van der Waals surface area (Å²) in [4.78, 5) is 4.49. The van der Waals surface area contributed by atoms with Crippen molar-refractivity contribution in [3.63, 3.8) is 0 Å². The molecular weight excluding hydrogens is 293 g/mol. The van der Waals surface area contributed by atoms with Crippen molar-refractivity contribution in [3.8, 4) is 0 Å². The number of hydrogen-bond donors (Lipinski definition) is 2. The van der Waals surface area contributed by atoms with Crippen LogP contribution in [-0.2, 0) is 0 Å². The van der Waals surface area contributed by atoms with Gasteiger partial charge >= 0.3 is 0 Å². The van der Waals surface area contributed by atoms with E-state index >= 15 is 0 Å². The van der Waals surface area contributed by atoms with Gasteiger partial charge in [-0.1, -0.05) is 49.4 Å². The second kappa shape index (κ2) is 6.86. The second-order valence-corrected chi connectivity index (χ2v) is 6.72. The Balaban J connectivity index is 2.06. The molecule has 1 aromatic heterocycles. The van der Waals surface area contributed by atoms with E-state index in [2.05, 4.69) is 22.5 Å². The van der Waals surface area contributed by atoms with Crippen LogP contribution in [0.25, 0.3) is 0 Å². The van der Waals surface area contributed by atoms with Gasteiger partial charge in [0.1, 0.15) is 11.6 Å². The number of aromatic nitrogens is 1. The zero-order valence-electron chi connectivity index (χ0n) is 12.2. The smallest absolute Gasteiger partial charge is 0.147 e. The van der Waals surface area contributed by atoms with Gasteiger partial charge in [0.05, 0.1) is 10.0 Å². The zero-order chi connectivity index (χ0) is 14.6. The molecule has 1 saturated carbocycles. The summed E-state index contributed by atoms with van der Waals surface area (Å²) in [7, 11) is 0. The Morgan fingerprint density at radius 1 is 1.10 bits per heavy atom. The highest BCUT2D eigenvalue weighted by Gasteiger charge is 2.26. The largest absolute Gasteiger partial charge is 0.369 e. The first kappa shape index (κ1) is 15.7. The zero-order valence-corrected chi connectivity index (χ0v) is 13.7. The quantitative estimate of drug-likeness (QED) is 0.783. The lowest BCUT2D eigenvalue weighted by Crippen LogP contribution is -2.29. The van der Waals surface area contributed by atoms with Crippen molar-refractivity contribution < 1.29 is 0 Å². The number of hydrogen-bond acceptors (Lipinski definition) is 3. The monoisotopic (exact) mass is 315 g/mol.